The van der Waals surface area contributed by atoms with Gasteiger partial charge in [0.05, 0.1) is 12.2 Å². The normalized spacial score (nSPS) is 22.2. The predicted molar refractivity (Wildman–Crippen MR) is 52.1 cm³/mol. The Hall–Kier alpha value is -0.300. The summed E-state index contributed by atoms with van der Waals surface area (Å²) in [5.41, 5.74) is -0.00174. The van der Waals surface area contributed by atoms with Crippen molar-refractivity contribution in [2.45, 2.75) is 39.7 Å². The Balaban J connectivity index is 2.85. The molecule has 0 bridgehead atoms. The first kappa shape index (κ1) is 9.79. The smallest absolute Gasteiger partial charge is 0.0908 e. The molecule has 0 fully saturated rings. The highest BCUT2D eigenvalue weighted by Gasteiger charge is 2.36. The lowest BCUT2D eigenvalue weighted by molar-refractivity contribution is -0.0778. The van der Waals surface area contributed by atoms with Crippen molar-refractivity contribution in [1.82, 2.24) is 0 Å². The van der Waals surface area contributed by atoms with Crippen LogP contribution < -0.4 is 0 Å². The standard InChI is InChI=1S/C11H20O/c1-9(2)11(10(3)4)7-5-6-8-12-11/h5,7,9-10H,6,8H2,1-4H3. The molecule has 0 N–H and O–H groups in total. The minimum atomic E-state index is -0.00174. The fourth-order valence-corrected chi connectivity index (χ4v) is 2.00. The third-order valence-corrected chi connectivity index (χ3v) is 2.82. The molecule has 0 saturated carbocycles. The van der Waals surface area contributed by atoms with Crippen molar-refractivity contribution in [3.05, 3.63) is 12.2 Å². The number of hydrogen-bond donors (Lipinski definition) is 0. The average molecular weight is 168 g/mol. The van der Waals surface area contributed by atoms with Crippen LogP contribution in [0.15, 0.2) is 12.2 Å². The third kappa shape index (κ3) is 1.56. The van der Waals surface area contributed by atoms with E-state index in [1.807, 2.05) is 0 Å². The zero-order chi connectivity index (χ0) is 9.19. The van der Waals surface area contributed by atoms with Crippen molar-refractivity contribution >= 4 is 0 Å². The van der Waals surface area contributed by atoms with Crippen LogP contribution in [0.25, 0.3) is 0 Å². The van der Waals surface area contributed by atoms with Crippen LogP contribution >= 0.6 is 0 Å². The molecule has 0 atom stereocenters. The largest absolute Gasteiger partial charge is 0.370 e. The van der Waals surface area contributed by atoms with Gasteiger partial charge in [-0.25, -0.2) is 0 Å². The Morgan fingerprint density at radius 2 is 1.75 bits per heavy atom. The molecule has 70 valence electrons. The first-order chi connectivity index (χ1) is 5.59. The maximum atomic E-state index is 5.90. The fourth-order valence-electron chi connectivity index (χ4n) is 2.00. The topological polar surface area (TPSA) is 9.23 Å². The summed E-state index contributed by atoms with van der Waals surface area (Å²) in [6.07, 6.45) is 5.58. The van der Waals surface area contributed by atoms with Crippen molar-refractivity contribution in [2.75, 3.05) is 6.61 Å². The zero-order valence-corrected chi connectivity index (χ0v) is 8.63. The summed E-state index contributed by atoms with van der Waals surface area (Å²) in [6, 6.07) is 0. The summed E-state index contributed by atoms with van der Waals surface area (Å²) in [5, 5.41) is 0. The molecule has 12 heavy (non-hydrogen) atoms. The maximum Gasteiger partial charge on any atom is 0.0908 e. The van der Waals surface area contributed by atoms with E-state index in [4.69, 9.17) is 4.74 Å². The van der Waals surface area contributed by atoms with Gasteiger partial charge in [-0.3, -0.25) is 0 Å². The number of hydrogen-bond acceptors (Lipinski definition) is 1. The van der Waals surface area contributed by atoms with Crippen LogP contribution in [0.5, 0.6) is 0 Å². The summed E-state index contributed by atoms with van der Waals surface area (Å²) in [5.74, 6) is 1.13. The average Bonchev–Trinajstić information content (AvgIpc) is 2.05. The van der Waals surface area contributed by atoms with E-state index in [2.05, 4.69) is 39.8 Å². The molecule has 1 aliphatic rings. The van der Waals surface area contributed by atoms with Gasteiger partial charge in [-0.2, -0.15) is 0 Å². The fraction of sp³-hybridized carbons (Fsp3) is 0.818. The van der Waals surface area contributed by atoms with Gasteiger partial charge in [-0.1, -0.05) is 39.8 Å². The van der Waals surface area contributed by atoms with Gasteiger partial charge in [0.25, 0.3) is 0 Å². The molecule has 0 aliphatic carbocycles. The van der Waals surface area contributed by atoms with Crippen LogP contribution in [0.1, 0.15) is 34.1 Å². The van der Waals surface area contributed by atoms with Gasteiger partial charge in [0.2, 0.25) is 0 Å². The van der Waals surface area contributed by atoms with Gasteiger partial charge in [0.1, 0.15) is 0 Å². The van der Waals surface area contributed by atoms with Crippen LogP contribution in [-0.4, -0.2) is 12.2 Å². The third-order valence-electron chi connectivity index (χ3n) is 2.82. The number of rotatable bonds is 2. The Morgan fingerprint density at radius 3 is 2.00 bits per heavy atom. The van der Waals surface area contributed by atoms with Crippen LogP contribution in [0.3, 0.4) is 0 Å². The second-order valence-corrected chi connectivity index (χ2v) is 4.20. The van der Waals surface area contributed by atoms with Crippen molar-refractivity contribution in [1.29, 1.82) is 0 Å². The quantitative estimate of drug-likeness (QED) is 0.576. The molecule has 1 rings (SSSR count). The number of ether oxygens (including phenoxy) is 1. The van der Waals surface area contributed by atoms with E-state index in [9.17, 15) is 0 Å². The molecule has 1 nitrogen and oxygen atoms in total. The van der Waals surface area contributed by atoms with Crippen LogP contribution in [0, 0.1) is 11.8 Å². The van der Waals surface area contributed by atoms with Crippen LogP contribution in [-0.2, 0) is 4.74 Å². The molecule has 0 aromatic rings. The van der Waals surface area contributed by atoms with Gasteiger partial charge in [-0.15, -0.1) is 0 Å². The van der Waals surface area contributed by atoms with Gasteiger partial charge in [-0.05, 0) is 18.3 Å². The lowest BCUT2D eigenvalue weighted by Gasteiger charge is -2.40. The highest BCUT2D eigenvalue weighted by Crippen LogP contribution is 2.34. The lowest BCUT2D eigenvalue weighted by Crippen LogP contribution is -2.43. The molecule has 1 aliphatic heterocycles. The van der Waals surface area contributed by atoms with E-state index >= 15 is 0 Å². The zero-order valence-electron chi connectivity index (χ0n) is 8.63. The van der Waals surface area contributed by atoms with E-state index in [0.717, 1.165) is 13.0 Å². The summed E-state index contributed by atoms with van der Waals surface area (Å²) in [7, 11) is 0. The molecule has 0 spiro atoms. The summed E-state index contributed by atoms with van der Waals surface area (Å²) >= 11 is 0. The lowest BCUT2D eigenvalue weighted by atomic mass is 9.79. The van der Waals surface area contributed by atoms with Gasteiger partial charge in [0.15, 0.2) is 0 Å². The molecule has 1 heteroatoms. The van der Waals surface area contributed by atoms with E-state index < -0.39 is 0 Å². The maximum absolute atomic E-state index is 5.90. The van der Waals surface area contributed by atoms with Gasteiger partial charge < -0.3 is 4.74 Å². The monoisotopic (exact) mass is 168 g/mol. The molecular formula is C11H20O. The molecule has 0 amide bonds. The Kier molecular flexibility index (Phi) is 2.94. The first-order valence-corrected chi connectivity index (χ1v) is 4.91. The molecular weight excluding hydrogens is 148 g/mol. The SMILES string of the molecule is CC(C)C1(C(C)C)C=CCCO1. The summed E-state index contributed by atoms with van der Waals surface area (Å²) in [6.45, 7) is 9.81. The van der Waals surface area contributed by atoms with Gasteiger partial charge >= 0.3 is 0 Å². The highest BCUT2D eigenvalue weighted by molar-refractivity contribution is 5.08. The van der Waals surface area contributed by atoms with Crippen molar-refractivity contribution < 1.29 is 4.74 Å². The second-order valence-electron chi connectivity index (χ2n) is 4.20. The van der Waals surface area contributed by atoms with Crippen LogP contribution in [0.2, 0.25) is 0 Å². The Labute approximate surface area is 75.8 Å². The van der Waals surface area contributed by atoms with E-state index in [-0.39, 0.29) is 5.60 Å². The summed E-state index contributed by atoms with van der Waals surface area (Å²) in [4.78, 5) is 0. The van der Waals surface area contributed by atoms with E-state index in [1.54, 1.807) is 0 Å². The highest BCUT2D eigenvalue weighted by atomic mass is 16.5. The minimum Gasteiger partial charge on any atom is -0.370 e. The minimum absolute atomic E-state index is 0.00174. The van der Waals surface area contributed by atoms with Gasteiger partial charge in [0, 0.05) is 0 Å². The molecule has 0 aromatic carbocycles. The summed E-state index contributed by atoms with van der Waals surface area (Å²) < 4.78 is 5.90. The molecule has 0 aromatic heterocycles. The molecule has 0 radical (unpaired) electrons. The van der Waals surface area contributed by atoms with Crippen molar-refractivity contribution in [2.24, 2.45) is 11.8 Å². The Bertz CT molecular complexity index is 160. The molecule has 1 heterocycles. The van der Waals surface area contributed by atoms with E-state index in [1.165, 1.54) is 0 Å². The molecule has 0 saturated heterocycles. The van der Waals surface area contributed by atoms with E-state index in [0.29, 0.717) is 11.8 Å². The second kappa shape index (κ2) is 3.61. The predicted octanol–water partition coefficient (Wildman–Crippen LogP) is 3.01. The van der Waals surface area contributed by atoms with Crippen molar-refractivity contribution in [3.8, 4) is 0 Å². The first-order valence-electron chi connectivity index (χ1n) is 4.91. The van der Waals surface area contributed by atoms with Crippen molar-refractivity contribution in [3.63, 3.8) is 0 Å². The van der Waals surface area contributed by atoms with Crippen LogP contribution in [0.4, 0.5) is 0 Å². The Morgan fingerprint density at radius 1 is 1.17 bits per heavy atom. The molecule has 0 unspecified atom stereocenters.